The van der Waals surface area contributed by atoms with E-state index in [1.807, 2.05) is 0 Å². The van der Waals surface area contributed by atoms with E-state index in [4.69, 9.17) is 9.52 Å². The zero-order valence-electron chi connectivity index (χ0n) is 11.6. The summed E-state index contributed by atoms with van der Waals surface area (Å²) in [5.74, 6) is -1.69. The molecule has 1 saturated heterocycles. The zero-order chi connectivity index (χ0) is 15.6. The summed E-state index contributed by atoms with van der Waals surface area (Å²) in [7, 11) is -3.25. The van der Waals surface area contributed by atoms with Crippen LogP contribution in [0.1, 0.15) is 35.6 Å². The molecule has 1 unspecified atom stereocenters. The first-order valence-electron chi connectivity index (χ1n) is 6.58. The molecule has 0 saturated carbocycles. The normalized spacial score (nSPS) is 19.5. The summed E-state index contributed by atoms with van der Waals surface area (Å²) in [5.41, 5.74) is 0. The molecule has 1 aromatic rings. The maximum atomic E-state index is 12.3. The van der Waals surface area contributed by atoms with Gasteiger partial charge >= 0.3 is 5.97 Å². The fourth-order valence-electron chi connectivity index (χ4n) is 2.40. The SMILES string of the molecule is CS(=O)(=O)Cc1ccc(C(=O)N2CCCCC2C(=O)O)o1. The molecule has 8 heteroatoms. The van der Waals surface area contributed by atoms with Gasteiger partial charge in [-0.15, -0.1) is 0 Å². The van der Waals surface area contributed by atoms with Crippen molar-refractivity contribution in [2.45, 2.75) is 31.1 Å². The molecule has 7 nitrogen and oxygen atoms in total. The van der Waals surface area contributed by atoms with Crippen molar-refractivity contribution in [1.29, 1.82) is 0 Å². The molecule has 0 aromatic carbocycles. The number of rotatable bonds is 4. The Bertz CT molecular complexity index is 647. The highest BCUT2D eigenvalue weighted by atomic mass is 32.2. The van der Waals surface area contributed by atoms with Crippen molar-refractivity contribution < 1.29 is 27.5 Å². The van der Waals surface area contributed by atoms with Crippen molar-refractivity contribution in [2.75, 3.05) is 12.8 Å². The van der Waals surface area contributed by atoms with E-state index in [-0.39, 0.29) is 17.3 Å². The van der Waals surface area contributed by atoms with E-state index < -0.39 is 27.8 Å². The molecule has 1 aromatic heterocycles. The number of carbonyl (C=O) groups excluding carboxylic acids is 1. The van der Waals surface area contributed by atoms with Crippen molar-refractivity contribution in [2.24, 2.45) is 0 Å². The smallest absolute Gasteiger partial charge is 0.326 e. The summed E-state index contributed by atoms with van der Waals surface area (Å²) in [6, 6.07) is 1.96. The number of amides is 1. The Kier molecular flexibility index (Phi) is 4.36. The summed E-state index contributed by atoms with van der Waals surface area (Å²) >= 11 is 0. The van der Waals surface area contributed by atoms with Gasteiger partial charge in [0.15, 0.2) is 15.6 Å². The first kappa shape index (κ1) is 15.6. The zero-order valence-corrected chi connectivity index (χ0v) is 12.4. The van der Waals surface area contributed by atoms with Gasteiger partial charge in [0.05, 0.1) is 0 Å². The average Bonchev–Trinajstić information content (AvgIpc) is 2.84. The topological polar surface area (TPSA) is 105 Å². The number of hydrogen-bond acceptors (Lipinski definition) is 5. The first-order valence-corrected chi connectivity index (χ1v) is 8.64. The number of carboxylic acid groups (broad SMARTS) is 1. The van der Waals surface area contributed by atoms with E-state index in [1.54, 1.807) is 0 Å². The minimum Gasteiger partial charge on any atom is -0.480 e. The lowest BCUT2D eigenvalue weighted by atomic mass is 10.0. The van der Waals surface area contributed by atoms with E-state index >= 15 is 0 Å². The van der Waals surface area contributed by atoms with Crippen LogP contribution in [0.4, 0.5) is 0 Å². The fraction of sp³-hybridized carbons (Fsp3) is 0.538. The minimum atomic E-state index is -3.25. The predicted octanol–water partition coefficient (Wildman–Crippen LogP) is 0.904. The van der Waals surface area contributed by atoms with Crippen LogP contribution in [0.3, 0.4) is 0 Å². The molecule has 0 aliphatic carbocycles. The number of likely N-dealkylation sites (tertiary alicyclic amines) is 1. The Morgan fingerprint density at radius 1 is 1.38 bits per heavy atom. The third kappa shape index (κ3) is 3.84. The van der Waals surface area contributed by atoms with Gasteiger partial charge in [0.1, 0.15) is 17.6 Å². The van der Waals surface area contributed by atoms with Crippen molar-refractivity contribution in [3.8, 4) is 0 Å². The van der Waals surface area contributed by atoms with Gasteiger partial charge in [-0.05, 0) is 31.4 Å². The molecule has 2 heterocycles. The van der Waals surface area contributed by atoms with Gasteiger partial charge in [0.25, 0.3) is 5.91 Å². The molecular weight excluding hydrogens is 298 g/mol. The summed E-state index contributed by atoms with van der Waals surface area (Å²) in [5, 5.41) is 9.16. The first-order chi connectivity index (χ1) is 9.78. The van der Waals surface area contributed by atoms with Gasteiger partial charge in [-0.2, -0.15) is 0 Å². The molecule has 1 N–H and O–H groups in total. The minimum absolute atomic E-state index is 0.0261. The van der Waals surface area contributed by atoms with Crippen molar-refractivity contribution in [3.05, 3.63) is 23.7 Å². The van der Waals surface area contributed by atoms with Gasteiger partial charge < -0.3 is 14.4 Å². The van der Waals surface area contributed by atoms with E-state index in [9.17, 15) is 18.0 Å². The maximum absolute atomic E-state index is 12.3. The molecular formula is C13H17NO6S. The highest BCUT2D eigenvalue weighted by Gasteiger charge is 2.33. The maximum Gasteiger partial charge on any atom is 0.326 e. The lowest BCUT2D eigenvalue weighted by Gasteiger charge is -2.32. The fourth-order valence-corrected chi connectivity index (χ4v) is 3.07. The van der Waals surface area contributed by atoms with Crippen molar-refractivity contribution >= 4 is 21.7 Å². The van der Waals surface area contributed by atoms with E-state index in [1.165, 1.54) is 17.0 Å². The largest absolute Gasteiger partial charge is 0.480 e. The number of nitrogens with zero attached hydrogens (tertiary/aromatic N) is 1. The predicted molar refractivity (Wildman–Crippen MR) is 73.6 cm³/mol. The lowest BCUT2D eigenvalue weighted by Crippen LogP contribution is -2.47. The van der Waals surface area contributed by atoms with Crippen LogP contribution in [-0.2, 0) is 20.4 Å². The van der Waals surface area contributed by atoms with Crippen LogP contribution in [0, 0.1) is 0 Å². The summed E-state index contributed by atoms with van der Waals surface area (Å²) < 4.78 is 27.6. The highest BCUT2D eigenvalue weighted by molar-refractivity contribution is 7.89. The average molecular weight is 315 g/mol. The van der Waals surface area contributed by atoms with Crippen molar-refractivity contribution in [1.82, 2.24) is 4.90 Å². The van der Waals surface area contributed by atoms with Gasteiger partial charge in [-0.1, -0.05) is 0 Å². The van der Waals surface area contributed by atoms with Gasteiger partial charge in [-0.3, -0.25) is 4.79 Å². The van der Waals surface area contributed by atoms with E-state index in [2.05, 4.69) is 0 Å². The number of hydrogen-bond donors (Lipinski definition) is 1. The van der Waals surface area contributed by atoms with Crippen LogP contribution in [0.2, 0.25) is 0 Å². The Balaban J connectivity index is 2.17. The molecule has 0 bridgehead atoms. The Hall–Kier alpha value is -1.83. The molecule has 1 aliphatic rings. The molecule has 116 valence electrons. The second-order valence-electron chi connectivity index (χ2n) is 5.18. The van der Waals surface area contributed by atoms with E-state index in [0.29, 0.717) is 13.0 Å². The van der Waals surface area contributed by atoms with Crippen LogP contribution in [0.15, 0.2) is 16.5 Å². The van der Waals surface area contributed by atoms with Crippen LogP contribution in [-0.4, -0.2) is 49.1 Å². The summed E-state index contributed by atoms with van der Waals surface area (Å²) in [6.07, 6.45) is 2.99. The molecule has 21 heavy (non-hydrogen) atoms. The molecule has 1 fully saturated rings. The highest BCUT2D eigenvalue weighted by Crippen LogP contribution is 2.21. The van der Waals surface area contributed by atoms with Gasteiger partial charge in [0.2, 0.25) is 0 Å². The Morgan fingerprint density at radius 2 is 2.10 bits per heavy atom. The number of piperidine rings is 1. The molecule has 1 amide bonds. The standard InChI is InChI=1S/C13H17NO6S/c1-21(18,19)8-9-5-6-11(20-9)12(15)14-7-3-2-4-10(14)13(16)17/h5-6,10H,2-4,7-8H2,1H3,(H,16,17). The number of sulfone groups is 1. The Labute approximate surface area is 122 Å². The second-order valence-corrected chi connectivity index (χ2v) is 7.32. The van der Waals surface area contributed by atoms with Crippen molar-refractivity contribution in [3.63, 3.8) is 0 Å². The molecule has 2 rings (SSSR count). The summed E-state index contributed by atoms with van der Waals surface area (Å²) in [6.45, 7) is 0.359. The van der Waals surface area contributed by atoms with Gasteiger partial charge in [0, 0.05) is 12.8 Å². The number of furan rings is 1. The number of aliphatic carboxylic acids is 1. The molecule has 1 atom stereocenters. The second kappa shape index (κ2) is 5.88. The molecule has 0 spiro atoms. The third-order valence-electron chi connectivity index (χ3n) is 3.33. The number of carbonyl (C=O) groups is 2. The third-order valence-corrected chi connectivity index (χ3v) is 4.13. The monoisotopic (exact) mass is 315 g/mol. The lowest BCUT2D eigenvalue weighted by molar-refractivity contribution is -0.143. The van der Waals surface area contributed by atoms with Crippen LogP contribution in [0.25, 0.3) is 0 Å². The van der Waals surface area contributed by atoms with Crippen LogP contribution >= 0.6 is 0 Å². The van der Waals surface area contributed by atoms with Crippen LogP contribution in [0.5, 0.6) is 0 Å². The molecule has 0 radical (unpaired) electrons. The van der Waals surface area contributed by atoms with Gasteiger partial charge in [-0.25, -0.2) is 13.2 Å². The summed E-state index contributed by atoms with van der Waals surface area (Å²) in [4.78, 5) is 24.8. The Morgan fingerprint density at radius 3 is 2.71 bits per heavy atom. The van der Waals surface area contributed by atoms with Crippen LogP contribution < -0.4 is 0 Å². The molecule has 1 aliphatic heterocycles. The quantitative estimate of drug-likeness (QED) is 0.885. The van der Waals surface area contributed by atoms with E-state index in [0.717, 1.165) is 19.1 Å². The number of carboxylic acids is 1.